The fourth-order valence-corrected chi connectivity index (χ4v) is 15.5. The van der Waals surface area contributed by atoms with Gasteiger partial charge in [-0.1, -0.05) is 146 Å². The molecule has 0 N–H and O–H groups in total. The summed E-state index contributed by atoms with van der Waals surface area (Å²) in [6.07, 6.45) is 0. The Hall–Kier alpha value is -6.92. The lowest BCUT2D eigenvalue weighted by Gasteiger charge is -2.12. The molecule has 4 heteroatoms. The first-order valence-electron chi connectivity index (χ1n) is 21.7. The van der Waals surface area contributed by atoms with E-state index < -0.39 is 0 Å². The lowest BCUT2D eigenvalue weighted by molar-refractivity contribution is 1.70. The van der Waals surface area contributed by atoms with Gasteiger partial charge in [0, 0.05) is 81.0 Å². The van der Waals surface area contributed by atoms with E-state index in [9.17, 15) is 0 Å². The highest BCUT2D eigenvalue weighted by Gasteiger charge is 2.19. The molecule has 0 atom stereocenters. The highest BCUT2D eigenvalue weighted by atomic mass is 32.1. The molecule has 16 rings (SSSR count). The fourth-order valence-electron chi connectivity index (χ4n) is 10.7. The molecule has 0 aliphatic carbocycles. The molecule has 0 aliphatic heterocycles. The van der Waals surface area contributed by atoms with Crippen molar-refractivity contribution in [2.45, 2.75) is 0 Å². The maximum absolute atomic E-state index is 2.41. The molecule has 0 spiro atoms. The summed E-state index contributed by atoms with van der Waals surface area (Å²) in [5.41, 5.74) is 2.58. The SMILES string of the molecule is c1ccc(-c2cc3cc4ccc5c6sc(-c7ccccc7)cc6cc6ccc(c3s2)c4c65)cc1.c1ccc2c(c1)sc1c2cc2ccc3c4sc5ccccc5c4cc4ccc1c2c43. The molecule has 0 saturated heterocycles. The molecule has 4 aromatic heterocycles. The summed E-state index contributed by atoms with van der Waals surface area (Å²) in [5.74, 6) is 0. The van der Waals surface area contributed by atoms with Crippen LogP contribution in [0.2, 0.25) is 0 Å². The Labute approximate surface area is 382 Å². The summed E-state index contributed by atoms with van der Waals surface area (Å²) in [6.45, 7) is 0. The van der Waals surface area contributed by atoms with Crippen molar-refractivity contribution in [3.8, 4) is 20.9 Å². The highest BCUT2D eigenvalue weighted by molar-refractivity contribution is 7.27. The van der Waals surface area contributed by atoms with Crippen molar-refractivity contribution < 1.29 is 0 Å². The van der Waals surface area contributed by atoms with Gasteiger partial charge in [-0.05, 0) is 114 Å². The molecule has 0 fully saturated rings. The lowest BCUT2D eigenvalue weighted by atomic mass is 9.92. The van der Waals surface area contributed by atoms with Gasteiger partial charge >= 0.3 is 0 Å². The molecule has 0 aliphatic rings. The topological polar surface area (TPSA) is 0 Å². The van der Waals surface area contributed by atoms with Crippen LogP contribution < -0.4 is 0 Å². The molecule has 296 valence electrons. The van der Waals surface area contributed by atoms with Gasteiger partial charge in [0.25, 0.3) is 0 Å². The summed E-state index contributed by atoms with van der Waals surface area (Å²) >= 11 is 7.67. The van der Waals surface area contributed by atoms with E-state index in [1.165, 1.54) is 146 Å². The Morgan fingerprint density at radius 3 is 1.00 bits per heavy atom. The molecule has 0 unspecified atom stereocenters. The van der Waals surface area contributed by atoms with Crippen LogP contribution in [-0.2, 0) is 0 Å². The van der Waals surface area contributed by atoms with E-state index in [4.69, 9.17) is 0 Å². The van der Waals surface area contributed by atoms with Crippen molar-refractivity contribution in [2.75, 3.05) is 0 Å². The average molecular weight is 881 g/mol. The summed E-state index contributed by atoms with van der Waals surface area (Å²) in [5, 5.41) is 24.7. The number of fused-ring (bicyclic) bond motifs is 12. The molecule has 4 heterocycles. The molecule has 0 nitrogen and oxygen atoms in total. The van der Waals surface area contributed by atoms with Gasteiger partial charge in [0.2, 0.25) is 0 Å². The third-order valence-electron chi connectivity index (χ3n) is 13.6. The van der Waals surface area contributed by atoms with E-state index in [1.54, 1.807) is 0 Å². The minimum Gasteiger partial charge on any atom is -0.135 e. The first-order chi connectivity index (χ1) is 31.7. The number of benzene rings is 12. The molecule has 0 saturated carbocycles. The Kier molecular flexibility index (Phi) is 7.39. The number of hydrogen-bond donors (Lipinski definition) is 0. The Bertz CT molecular complexity index is 4230. The van der Waals surface area contributed by atoms with Gasteiger partial charge < -0.3 is 0 Å². The van der Waals surface area contributed by atoms with E-state index in [1.807, 2.05) is 45.3 Å². The molecule has 12 aromatic carbocycles. The van der Waals surface area contributed by atoms with Crippen LogP contribution in [0.4, 0.5) is 0 Å². The molecular formula is C60H32S4. The third kappa shape index (κ3) is 5.02. The largest absolute Gasteiger partial charge is 0.135 e. The van der Waals surface area contributed by atoms with Crippen molar-refractivity contribution in [2.24, 2.45) is 0 Å². The Balaban J connectivity index is 0.000000120. The summed E-state index contributed by atoms with van der Waals surface area (Å²) in [4.78, 5) is 2.66. The quantitative estimate of drug-likeness (QED) is 0.152. The predicted octanol–water partition coefficient (Wildman–Crippen LogP) is 19.7. The third-order valence-corrected chi connectivity index (χ3v) is 18.5. The van der Waals surface area contributed by atoms with E-state index >= 15 is 0 Å². The van der Waals surface area contributed by atoms with Gasteiger partial charge in [-0.25, -0.2) is 0 Å². The summed E-state index contributed by atoms with van der Waals surface area (Å²) in [6, 6.07) is 72.0. The minimum atomic E-state index is 1.29. The van der Waals surface area contributed by atoms with Crippen molar-refractivity contribution in [1.82, 2.24) is 0 Å². The van der Waals surface area contributed by atoms with Crippen LogP contribution in [0.25, 0.3) is 146 Å². The van der Waals surface area contributed by atoms with Crippen LogP contribution in [0.1, 0.15) is 0 Å². The van der Waals surface area contributed by atoms with Gasteiger partial charge in [-0.15, -0.1) is 45.3 Å². The van der Waals surface area contributed by atoms with E-state index in [-0.39, 0.29) is 0 Å². The number of thiophene rings is 4. The van der Waals surface area contributed by atoms with Crippen LogP contribution in [0.3, 0.4) is 0 Å². The summed E-state index contributed by atoms with van der Waals surface area (Å²) in [7, 11) is 0. The second-order valence-corrected chi connectivity index (χ2v) is 21.3. The lowest BCUT2D eigenvalue weighted by Crippen LogP contribution is -1.84. The molecular weight excluding hydrogens is 849 g/mol. The van der Waals surface area contributed by atoms with Crippen LogP contribution in [0.15, 0.2) is 194 Å². The van der Waals surface area contributed by atoms with Crippen LogP contribution in [0.5, 0.6) is 0 Å². The van der Waals surface area contributed by atoms with Crippen LogP contribution in [-0.4, -0.2) is 0 Å². The zero-order chi connectivity index (χ0) is 41.6. The van der Waals surface area contributed by atoms with Crippen molar-refractivity contribution in [3.05, 3.63) is 194 Å². The molecule has 0 bridgehead atoms. The van der Waals surface area contributed by atoms with E-state index in [0.717, 1.165) is 0 Å². The molecule has 64 heavy (non-hydrogen) atoms. The molecule has 0 amide bonds. The Morgan fingerprint density at radius 2 is 0.578 bits per heavy atom. The highest BCUT2D eigenvalue weighted by Crippen LogP contribution is 2.49. The van der Waals surface area contributed by atoms with Gasteiger partial charge in [-0.3, -0.25) is 0 Å². The maximum atomic E-state index is 2.41. The van der Waals surface area contributed by atoms with Crippen molar-refractivity contribution >= 4 is 170 Å². The van der Waals surface area contributed by atoms with Crippen LogP contribution >= 0.6 is 45.3 Å². The van der Waals surface area contributed by atoms with E-state index in [2.05, 4.69) is 194 Å². The zero-order valence-corrected chi connectivity index (χ0v) is 37.4. The minimum absolute atomic E-state index is 1.29. The first kappa shape index (κ1) is 35.5. The number of hydrogen-bond acceptors (Lipinski definition) is 4. The predicted molar refractivity (Wildman–Crippen MR) is 288 cm³/mol. The molecule has 0 radical (unpaired) electrons. The maximum Gasteiger partial charge on any atom is 0.0434 e. The average Bonchev–Trinajstić information content (AvgIpc) is 4.16. The standard InChI is InChI=1S/C32H18S2.C28H14S2/c1-3-7-19(8-4-1)27-17-23-15-21-12-14-26-30-22(11-13-25(29(21)30)31(23)33-27)16-24-18-28(34-32(24)26)20-9-5-2-6-10-20;1-3-7-23-17(5-1)21-13-15-9-12-20-26-16(10-11-19(25(15)26)27(21)29-23)14-22-18-6-2-4-8-24(18)30-28(20)22/h1-18H;1-14H. The number of rotatable bonds is 2. The Morgan fingerprint density at radius 1 is 0.219 bits per heavy atom. The van der Waals surface area contributed by atoms with Gasteiger partial charge in [-0.2, -0.15) is 0 Å². The van der Waals surface area contributed by atoms with Crippen LogP contribution in [0, 0.1) is 0 Å². The summed E-state index contributed by atoms with van der Waals surface area (Å²) < 4.78 is 8.34. The first-order valence-corrected chi connectivity index (χ1v) is 25.0. The normalized spacial score (nSPS) is 12.4. The fraction of sp³-hybridized carbons (Fsp3) is 0. The van der Waals surface area contributed by atoms with Crippen molar-refractivity contribution in [1.29, 1.82) is 0 Å². The van der Waals surface area contributed by atoms with Gasteiger partial charge in [0.15, 0.2) is 0 Å². The van der Waals surface area contributed by atoms with Crippen molar-refractivity contribution in [3.63, 3.8) is 0 Å². The smallest absolute Gasteiger partial charge is 0.0434 e. The molecule has 16 aromatic rings. The second kappa shape index (κ2) is 13.3. The van der Waals surface area contributed by atoms with Gasteiger partial charge in [0.05, 0.1) is 0 Å². The monoisotopic (exact) mass is 880 g/mol. The zero-order valence-electron chi connectivity index (χ0n) is 34.1. The second-order valence-electron chi connectivity index (χ2n) is 17.1. The van der Waals surface area contributed by atoms with Gasteiger partial charge in [0.1, 0.15) is 0 Å². The van der Waals surface area contributed by atoms with E-state index in [0.29, 0.717) is 0 Å².